The molecule has 2 aromatic rings. The summed E-state index contributed by atoms with van der Waals surface area (Å²) in [5.74, 6) is -0.704. The molecule has 28 heavy (non-hydrogen) atoms. The Morgan fingerprint density at radius 2 is 2.14 bits per heavy atom. The number of rotatable bonds is 7. The minimum atomic E-state index is -0.521. The highest BCUT2D eigenvalue weighted by Gasteiger charge is 2.26. The fourth-order valence-corrected chi connectivity index (χ4v) is 4.05. The number of carbonyl (C=O) groups excluding carboxylic acids is 2. The van der Waals surface area contributed by atoms with E-state index in [0.717, 1.165) is 6.42 Å². The highest BCUT2D eigenvalue weighted by Crippen LogP contribution is 2.34. The molecule has 0 spiro atoms. The van der Waals surface area contributed by atoms with E-state index in [2.05, 4.69) is 15.7 Å². The first-order valence-corrected chi connectivity index (χ1v) is 10.0. The average molecular weight is 444 g/mol. The van der Waals surface area contributed by atoms with Crippen molar-refractivity contribution in [2.75, 3.05) is 33.1 Å². The molecular weight excluding hydrogens is 422 g/mol. The largest absolute Gasteiger partial charge is 0.465 e. The number of nitrogens with one attached hydrogen (secondary N) is 2. The Morgan fingerprint density at radius 3 is 2.71 bits per heavy atom. The number of hydrogen-bond acceptors (Lipinski definition) is 6. The van der Waals surface area contributed by atoms with Gasteiger partial charge in [-0.25, -0.2) is 4.79 Å². The van der Waals surface area contributed by atoms with Gasteiger partial charge in [-0.1, -0.05) is 11.6 Å². The highest BCUT2D eigenvalue weighted by atomic mass is 35.5. The quantitative estimate of drug-likeness (QED) is 0.386. The Labute approximate surface area is 177 Å². The SMILES string of the molecule is COC(=O)c1c(NC(=S)NCCCn2cc(Cl)cn2)sc(C(=O)N(C)C)c1C. The lowest BCUT2D eigenvalue weighted by molar-refractivity contribution is 0.0601. The summed E-state index contributed by atoms with van der Waals surface area (Å²) in [6.45, 7) is 3.01. The summed E-state index contributed by atoms with van der Waals surface area (Å²) in [6.07, 6.45) is 4.11. The summed E-state index contributed by atoms with van der Waals surface area (Å²) in [4.78, 5) is 26.5. The number of anilines is 1. The summed E-state index contributed by atoms with van der Waals surface area (Å²) < 4.78 is 6.61. The van der Waals surface area contributed by atoms with Crippen LogP contribution in [0.25, 0.3) is 0 Å². The first-order chi connectivity index (χ1) is 13.2. The van der Waals surface area contributed by atoms with Crippen molar-refractivity contribution < 1.29 is 14.3 Å². The van der Waals surface area contributed by atoms with Gasteiger partial charge in [0.25, 0.3) is 5.91 Å². The van der Waals surface area contributed by atoms with Gasteiger partial charge in [0.1, 0.15) is 5.00 Å². The van der Waals surface area contributed by atoms with Crippen LogP contribution < -0.4 is 10.6 Å². The van der Waals surface area contributed by atoms with Crippen molar-refractivity contribution in [1.82, 2.24) is 20.0 Å². The van der Waals surface area contributed by atoms with Gasteiger partial charge >= 0.3 is 5.97 Å². The number of esters is 1. The van der Waals surface area contributed by atoms with E-state index in [4.69, 9.17) is 28.6 Å². The van der Waals surface area contributed by atoms with Gasteiger partial charge in [-0.2, -0.15) is 5.10 Å². The molecule has 0 fully saturated rings. The van der Waals surface area contributed by atoms with Crippen molar-refractivity contribution in [2.45, 2.75) is 19.9 Å². The summed E-state index contributed by atoms with van der Waals surface area (Å²) in [5, 5.41) is 11.6. The second kappa shape index (κ2) is 9.85. The number of amides is 1. The van der Waals surface area contributed by atoms with Gasteiger partial charge in [-0.3, -0.25) is 9.48 Å². The Balaban J connectivity index is 2.02. The lowest BCUT2D eigenvalue weighted by Gasteiger charge is -2.10. The fourth-order valence-electron chi connectivity index (χ4n) is 2.41. The molecule has 0 aromatic carbocycles. The molecule has 2 rings (SSSR count). The Kier molecular flexibility index (Phi) is 7.78. The van der Waals surface area contributed by atoms with E-state index in [-0.39, 0.29) is 5.91 Å². The molecule has 0 aliphatic heterocycles. The average Bonchev–Trinajstić information content (AvgIpc) is 3.20. The molecule has 11 heteroatoms. The molecule has 2 heterocycles. The van der Waals surface area contributed by atoms with E-state index in [0.29, 0.717) is 44.2 Å². The molecule has 8 nitrogen and oxygen atoms in total. The third-order valence-corrected chi connectivity index (χ3v) is 5.45. The maximum absolute atomic E-state index is 12.4. The maximum Gasteiger partial charge on any atom is 0.341 e. The molecule has 0 aliphatic carbocycles. The van der Waals surface area contributed by atoms with Crippen LogP contribution in [0.1, 0.15) is 32.0 Å². The van der Waals surface area contributed by atoms with Gasteiger partial charge in [0.05, 0.1) is 28.8 Å². The van der Waals surface area contributed by atoms with E-state index in [1.165, 1.54) is 23.3 Å². The third kappa shape index (κ3) is 5.43. The van der Waals surface area contributed by atoms with Crippen LogP contribution in [-0.4, -0.2) is 59.4 Å². The topological polar surface area (TPSA) is 88.5 Å². The zero-order chi connectivity index (χ0) is 20.8. The van der Waals surface area contributed by atoms with Gasteiger partial charge < -0.3 is 20.3 Å². The van der Waals surface area contributed by atoms with Crippen LogP contribution in [0.4, 0.5) is 5.00 Å². The van der Waals surface area contributed by atoms with E-state index >= 15 is 0 Å². The van der Waals surface area contributed by atoms with Crippen LogP contribution in [0.5, 0.6) is 0 Å². The molecule has 2 aromatic heterocycles. The van der Waals surface area contributed by atoms with Crippen LogP contribution in [-0.2, 0) is 11.3 Å². The molecule has 0 saturated heterocycles. The van der Waals surface area contributed by atoms with Gasteiger partial charge in [0.15, 0.2) is 5.11 Å². The Morgan fingerprint density at radius 1 is 1.43 bits per heavy atom. The normalized spacial score (nSPS) is 10.5. The van der Waals surface area contributed by atoms with E-state index in [1.807, 2.05) is 0 Å². The molecule has 0 atom stereocenters. The molecule has 152 valence electrons. The Hall–Kier alpha value is -2.17. The molecule has 0 unspecified atom stereocenters. The number of aromatic nitrogens is 2. The van der Waals surface area contributed by atoms with Crippen LogP contribution in [0.15, 0.2) is 12.4 Å². The smallest absolute Gasteiger partial charge is 0.341 e. The van der Waals surface area contributed by atoms with E-state index in [9.17, 15) is 9.59 Å². The minimum Gasteiger partial charge on any atom is -0.465 e. The van der Waals surface area contributed by atoms with Crippen molar-refractivity contribution in [2.24, 2.45) is 0 Å². The number of carbonyl (C=O) groups is 2. The van der Waals surface area contributed by atoms with Crippen molar-refractivity contribution in [3.05, 3.63) is 33.4 Å². The van der Waals surface area contributed by atoms with E-state index < -0.39 is 5.97 Å². The van der Waals surface area contributed by atoms with Crippen LogP contribution in [0.2, 0.25) is 5.02 Å². The number of thiophene rings is 1. The zero-order valence-electron chi connectivity index (χ0n) is 16.0. The summed E-state index contributed by atoms with van der Waals surface area (Å²) in [5.41, 5.74) is 0.879. The lowest BCUT2D eigenvalue weighted by atomic mass is 10.1. The second-order valence-corrected chi connectivity index (χ2v) is 7.97. The molecule has 0 radical (unpaired) electrons. The molecular formula is C17H22ClN5O3S2. The second-order valence-electron chi connectivity index (χ2n) is 6.11. The van der Waals surface area contributed by atoms with E-state index in [1.54, 1.807) is 38.1 Å². The lowest BCUT2D eigenvalue weighted by Crippen LogP contribution is -2.30. The number of halogens is 1. The molecule has 1 amide bonds. The van der Waals surface area contributed by atoms with Gasteiger partial charge in [-0.15, -0.1) is 11.3 Å². The van der Waals surface area contributed by atoms with Crippen molar-refractivity contribution >= 4 is 57.1 Å². The minimum absolute atomic E-state index is 0.183. The van der Waals surface area contributed by atoms with Crippen LogP contribution in [0.3, 0.4) is 0 Å². The predicted molar refractivity (Wildman–Crippen MR) is 114 cm³/mol. The van der Waals surface area contributed by atoms with Gasteiger partial charge in [0.2, 0.25) is 0 Å². The molecule has 0 bridgehead atoms. The monoisotopic (exact) mass is 443 g/mol. The summed E-state index contributed by atoms with van der Waals surface area (Å²) >= 11 is 12.3. The number of hydrogen-bond donors (Lipinski definition) is 2. The number of nitrogens with zero attached hydrogens (tertiary/aromatic N) is 3. The standard InChI is InChI=1S/C17H22ClN5O3S2/c1-10-12(16(25)26-4)14(28-13(10)15(24)22(2)3)21-17(27)19-6-5-7-23-9-11(18)8-20-23/h8-9H,5-7H2,1-4H3,(H2,19,21,27). The molecule has 2 N–H and O–H groups in total. The Bertz CT molecular complexity index is 878. The summed E-state index contributed by atoms with van der Waals surface area (Å²) in [7, 11) is 4.62. The summed E-state index contributed by atoms with van der Waals surface area (Å²) in [6, 6.07) is 0. The first-order valence-electron chi connectivity index (χ1n) is 8.40. The maximum atomic E-state index is 12.4. The van der Waals surface area contributed by atoms with Gasteiger partial charge in [-0.05, 0) is 31.1 Å². The highest BCUT2D eigenvalue weighted by molar-refractivity contribution is 7.80. The van der Waals surface area contributed by atoms with Crippen molar-refractivity contribution in [3.8, 4) is 0 Å². The number of methoxy groups -OCH3 is 1. The number of aryl methyl sites for hydroxylation is 1. The van der Waals surface area contributed by atoms with Gasteiger partial charge in [0, 0.05) is 33.4 Å². The van der Waals surface area contributed by atoms with Crippen LogP contribution >= 0.6 is 35.2 Å². The molecule has 0 aliphatic rings. The zero-order valence-corrected chi connectivity index (χ0v) is 18.4. The number of ether oxygens (including phenoxy) is 1. The first kappa shape index (κ1) is 22.1. The number of thiocarbonyl (C=S) groups is 1. The third-order valence-electron chi connectivity index (χ3n) is 3.82. The predicted octanol–water partition coefficient (Wildman–Crippen LogP) is 2.77. The fraction of sp³-hybridized carbons (Fsp3) is 0.412. The van der Waals surface area contributed by atoms with Crippen LogP contribution in [0, 0.1) is 6.92 Å². The molecule has 0 saturated carbocycles. The van der Waals surface area contributed by atoms with Crippen molar-refractivity contribution in [1.29, 1.82) is 0 Å². The van der Waals surface area contributed by atoms with Crippen molar-refractivity contribution in [3.63, 3.8) is 0 Å².